The van der Waals surface area contributed by atoms with Gasteiger partial charge in [0.05, 0.1) is 24.2 Å². The zero-order chi connectivity index (χ0) is 19.8. The molecule has 27 heavy (non-hydrogen) atoms. The Bertz CT molecular complexity index is 796. The van der Waals surface area contributed by atoms with Crippen LogP contribution in [0.2, 0.25) is 5.02 Å². The quantitative estimate of drug-likeness (QED) is 0.704. The van der Waals surface area contributed by atoms with E-state index in [1.165, 1.54) is 7.11 Å². The summed E-state index contributed by atoms with van der Waals surface area (Å²) in [4.78, 5) is 27.5. The van der Waals surface area contributed by atoms with Gasteiger partial charge in [-0.1, -0.05) is 23.7 Å². The van der Waals surface area contributed by atoms with Crippen molar-refractivity contribution in [1.29, 1.82) is 0 Å². The summed E-state index contributed by atoms with van der Waals surface area (Å²) >= 11 is 7.95. The summed E-state index contributed by atoms with van der Waals surface area (Å²) in [5.41, 5.74) is 2.18. The summed E-state index contributed by atoms with van der Waals surface area (Å²) in [6.45, 7) is 6.80. The zero-order valence-corrected chi connectivity index (χ0v) is 17.5. The summed E-state index contributed by atoms with van der Waals surface area (Å²) < 4.78 is 10.5. The van der Waals surface area contributed by atoms with Crippen LogP contribution in [0.15, 0.2) is 35.5 Å². The molecule has 2 aliphatic rings. The van der Waals surface area contributed by atoms with Crippen LogP contribution in [-0.2, 0) is 19.1 Å². The molecule has 0 spiro atoms. The number of benzene rings is 1. The molecule has 3 atom stereocenters. The van der Waals surface area contributed by atoms with Gasteiger partial charge >= 0.3 is 11.9 Å². The number of fused-ring (bicyclic) bond motifs is 1. The van der Waals surface area contributed by atoms with Gasteiger partial charge in [-0.05, 0) is 38.5 Å². The second-order valence-electron chi connectivity index (χ2n) is 6.81. The van der Waals surface area contributed by atoms with E-state index in [9.17, 15) is 9.59 Å². The standard InChI is InChI=1S/C20H24ClNO4S/c1-5-26-18(23)15-12(2)22-9-10-27-20(22,3)17(19(24)25-4)16(15)13-7-6-8-14(21)11-13/h6-8,11,16-17H,5,9-10H2,1-4H3/t16-,17-,20-/m1/s1. The first-order chi connectivity index (χ1) is 12.8. The normalized spacial score (nSPS) is 27.4. The topological polar surface area (TPSA) is 55.8 Å². The number of rotatable bonds is 4. The second kappa shape index (κ2) is 7.76. The van der Waals surface area contributed by atoms with Crippen LogP contribution < -0.4 is 0 Å². The first-order valence-electron chi connectivity index (χ1n) is 8.98. The van der Waals surface area contributed by atoms with Gasteiger partial charge < -0.3 is 14.4 Å². The lowest BCUT2D eigenvalue weighted by atomic mass is 9.72. The van der Waals surface area contributed by atoms with Crippen molar-refractivity contribution < 1.29 is 19.1 Å². The first-order valence-corrected chi connectivity index (χ1v) is 10.3. The fourth-order valence-corrected chi connectivity index (χ4v) is 5.95. The minimum Gasteiger partial charge on any atom is -0.469 e. The van der Waals surface area contributed by atoms with Gasteiger partial charge in [-0.2, -0.15) is 0 Å². The summed E-state index contributed by atoms with van der Waals surface area (Å²) in [6.07, 6.45) is 0. The summed E-state index contributed by atoms with van der Waals surface area (Å²) in [7, 11) is 1.39. The van der Waals surface area contributed by atoms with Gasteiger partial charge in [0, 0.05) is 28.9 Å². The Morgan fingerprint density at radius 3 is 2.78 bits per heavy atom. The number of hydrogen-bond acceptors (Lipinski definition) is 6. The maximum absolute atomic E-state index is 12.9. The Morgan fingerprint density at radius 1 is 1.41 bits per heavy atom. The Hall–Kier alpha value is -1.66. The van der Waals surface area contributed by atoms with Crippen LogP contribution in [0.3, 0.4) is 0 Å². The zero-order valence-electron chi connectivity index (χ0n) is 16.0. The van der Waals surface area contributed by atoms with Crippen LogP contribution in [0.4, 0.5) is 0 Å². The Balaban J connectivity index is 2.26. The van der Waals surface area contributed by atoms with Crippen molar-refractivity contribution in [3.63, 3.8) is 0 Å². The second-order valence-corrected chi connectivity index (χ2v) is 8.77. The summed E-state index contributed by atoms with van der Waals surface area (Å²) in [5, 5.41) is 0.559. The molecule has 0 aromatic heterocycles. The number of carbonyl (C=O) groups is 2. The smallest absolute Gasteiger partial charge is 0.336 e. The third-order valence-electron chi connectivity index (χ3n) is 5.42. The van der Waals surface area contributed by atoms with Crippen LogP contribution in [0.1, 0.15) is 32.3 Å². The van der Waals surface area contributed by atoms with E-state index in [1.807, 2.05) is 25.1 Å². The van der Waals surface area contributed by atoms with E-state index in [2.05, 4.69) is 11.8 Å². The van der Waals surface area contributed by atoms with Crippen molar-refractivity contribution in [2.24, 2.45) is 5.92 Å². The average molecular weight is 410 g/mol. The monoisotopic (exact) mass is 409 g/mol. The molecule has 2 heterocycles. The van der Waals surface area contributed by atoms with Crippen LogP contribution in [0.5, 0.6) is 0 Å². The highest BCUT2D eigenvalue weighted by Gasteiger charge is 2.57. The highest BCUT2D eigenvalue weighted by molar-refractivity contribution is 8.00. The van der Waals surface area contributed by atoms with E-state index in [0.717, 1.165) is 23.6 Å². The minimum atomic E-state index is -0.559. The third kappa shape index (κ3) is 3.34. The predicted molar refractivity (Wildman–Crippen MR) is 107 cm³/mol. The molecule has 1 aromatic rings. The van der Waals surface area contributed by atoms with Crippen molar-refractivity contribution >= 4 is 35.3 Å². The van der Waals surface area contributed by atoms with Crippen molar-refractivity contribution in [1.82, 2.24) is 4.90 Å². The van der Waals surface area contributed by atoms with Gasteiger partial charge in [0.25, 0.3) is 0 Å². The van der Waals surface area contributed by atoms with Crippen LogP contribution in [-0.4, -0.2) is 47.7 Å². The van der Waals surface area contributed by atoms with E-state index >= 15 is 0 Å². The molecule has 7 heteroatoms. The molecule has 5 nitrogen and oxygen atoms in total. The van der Waals surface area contributed by atoms with Crippen LogP contribution in [0, 0.1) is 5.92 Å². The number of ether oxygens (including phenoxy) is 2. The molecule has 0 amide bonds. The summed E-state index contributed by atoms with van der Waals surface area (Å²) in [6, 6.07) is 7.32. The number of allylic oxidation sites excluding steroid dienone is 1. The number of nitrogens with zero attached hydrogens (tertiary/aromatic N) is 1. The molecular weight excluding hydrogens is 386 g/mol. The highest BCUT2D eigenvalue weighted by Crippen LogP contribution is 2.55. The fraction of sp³-hybridized carbons (Fsp3) is 0.500. The van der Waals surface area contributed by atoms with Gasteiger partial charge in [-0.3, -0.25) is 4.79 Å². The van der Waals surface area contributed by atoms with Gasteiger partial charge in [0.1, 0.15) is 5.92 Å². The van der Waals surface area contributed by atoms with Gasteiger partial charge in [0.15, 0.2) is 0 Å². The Kier molecular flexibility index (Phi) is 5.77. The van der Waals surface area contributed by atoms with Crippen molar-refractivity contribution in [3.8, 4) is 0 Å². The molecule has 0 N–H and O–H groups in total. The molecule has 3 rings (SSSR count). The molecule has 0 aliphatic carbocycles. The first kappa shape index (κ1) is 20.1. The van der Waals surface area contributed by atoms with E-state index in [-0.39, 0.29) is 12.6 Å². The number of hydrogen-bond donors (Lipinski definition) is 0. The molecule has 2 aliphatic heterocycles. The number of halogens is 1. The number of methoxy groups -OCH3 is 1. The van der Waals surface area contributed by atoms with E-state index < -0.39 is 22.7 Å². The molecule has 1 fully saturated rings. The fourth-order valence-electron chi connectivity index (χ4n) is 4.27. The SMILES string of the molecule is CCOC(=O)C1=C(C)N2CCS[C@]2(C)[C@@H](C(=O)OC)[C@@H]1c1cccc(Cl)c1. The van der Waals surface area contributed by atoms with Crippen LogP contribution >= 0.6 is 23.4 Å². The Morgan fingerprint density at radius 2 is 2.15 bits per heavy atom. The van der Waals surface area contributed by atoms with Gasteiger partial charge in [-0.25, -0.2) is 4.79 Å². The van der Waals surface area contributed by atoms with Gasteiger partial charge in [-0.15, -0.1) is 11.8 Å². The molecule has 0 unspecified atom stereocenters. The van der Waals surface area contributed by atoms with Crippen molar-refractivity contribution in [2.45, 2.75) is 31.6 Å². The van der Waals surface area contributed by atoms with Crippen LogP contribution in [0.25, 0.3) is 0 Å². The third-order valence-corrected chi connectivity index (χ3v) is 7.10. The van der Waals surface area contributed by atoms with Crippen molar-refractivity contribution in [2.75, 3.05) is 26.0 Å². The average Bonchev–Trinajstić information content (AvgIpc) is 3.03. The molecule has 1 aromatic carbocycles. The van der Waals surface area contributed by atoms with Crippen molar-refractivity contribution in [3.05, 3.63) is 46.1 Å². The summed E-state index contributed by atoms with van der Waals surface area (Å²) in [5.74, 6) is -0.901. The Labute approximate surface area is 169 Å². The number of esters is 2. The van der Waals surface area contributed by atoms with E-state index in [0.29, 0.717) is 10.6 Å². The lowest BCUT2D eigenvalue weighted by molar-refractivity contribution is -0.150. The highest BCUT2D eigenvalue weighted by atomic mass is 35.5. The maximum Gasteiger partial charge on any atom is 0.336 e. The lowest BCUT2D eigenvalue weighted by Gasteiger charge is -2.49. The molecule has 0 saturated carbocycles. The molecule has 0 radical (unpaired) electrons. The predicted octanol–water partition coefficient (Wildman–Crippen LogP) is 3.83. The van der Waals surface area contributed by atoms with E-state index in [4.69, 9.17) is 21.1 Å². The largest absolute Gasteiger partial charge is 0.469 e. The molecular formula is C20H24ClNO4S. The number of carbonyl (C=O) groups excluding carboxylic acids is 2. The molecule has 146 valence electrons. The minimum absolute atomic E-state index is 0.271. The van der Waals surface area contributed by atoms with E-state index in [1.54, 1.807) is 24.8 Å². The lowest BCUT2D eigenvalue weighted by Crippen LogP contribution is -2.55. The molecule has 1 saturated heterocycles. The number of thioether (sulfide) groups is 1. The molecule has 0 bridgehead atoms. The van der Waals surface area contributed by atoms with Gasteiger partial charge in [0.2, 0.25) is 0 Å². The maximum atomic E-state index is 12.9.